The van der Waals surface area contributed by atoms with Gasteiger partial charge in [0.05, 0.1) is 5.41 Å². The second-order valence-electron chi connectivity index (χ2n) is 6.01. The average Bonchev–Trinajstić information content (AvgIpc) is 2.39. The Bertz CT molecular complexity index is 575. The molecule has 4 heteroatoms. The van der Waals surface area contributed by atoms with Crippen LogP contribution in [-0.4, -0.2) is 11.8 Å². The van der Waals surface area contributed by atoms with Crippen molar-refractivity contribution in [2.75, 3.05) is 0 Å². The fraction of sp³-hybridized carbons (Fsp3) is 0.467. The Morgan fingerprint density at radius 3 is 2.58 bits per heavy atom. The summed E-state index contributed by atoms with van der Waals surface area (Å²) < 4.78 is 0. The number of carbonyl (C=O) groups is 2. The Labute approximate surface area is 111 Å². The van der Waals surface area contributed by atoms with Crippen LogP contribution in [0.4, 0.5) is 0 Å². The number of ketones is 1. The highest BCUT2D eigenvalue weighted by Crippen LogP contribution is 2.53. The maximum Gasteiger partial charge on any atom is 0.348 e. The molecule has 1 aliphatic carbocycles. The van der Waals surface area contributed by atoms with E-state index in [-0.39, 0.29) is 11.7 Å². The van der Waals surface area contributed by atoms with E-state index in [4.69, 9.17) is 9.78 Å². The lowest BCUT2D eigenvalue weighted by Crippen LogP contribution is -2.55. The summed E-state index contributed by atoms with van der Waals surface area (Å²) in [7, 11) is 0. The molecular weight excluding hydrogens is 244 g/mol. The van der Waals surface area contributed by atoms with Gasteiger partial charge >= 0.3 is 5.97 Å². The highest BCUT2D eigenvalue weighted by atomic mass is 17.2. The molecule has 100 valence electrons. The van der Waals surface area contributed by atoms with Gasteiger partial charge in [0.1, 0.15) is 5.60 Å². The van der Waals surface area contributed by atoms with Crippen LogP contribution in [0.3, 0.4) is 0 Å². The second-order valence-corrected chi connectivity index (χ2v) is 6.01. The van der Waals surface area contributed by atoms with Gasteiger partial charge < -0.3 is 0 Å². The van der Waals surface area contributed by atoms with E-state index in [0.29, 0.717) is 12.0 Å². The zero-order chi connectivity index (χ0) is 13.8. The Kier molecular flexibility index (Phi) is 2.39. The molecule has 4 nitrogen and oxygen atoms in total. The third kappa shape index (κ3) is 1.49. The molecule has 3 rings (SSSR count). The number of Topliss-reactive ketones (excluding diaryl/α,β-unsaturated/α-hetero) is 1. The lowest BCUT2D eigenvalue weighted by atomic mass is 9.61. The first-order valence-corrected chi connectivity index (χ1v) is 6.40. The van der Waals surface area contributed by atoms with Gasteiger partial charge in [-0.25, -0.2) is 4.79 Å². The van der Waals surface area contributed by atoms with Crippen molar-refractivity contribution in [1.82, 2.24) is 0 Å². The van der Waals surface area contributed by atoms with E-state index in [1.165, 1.54) is 0 Å². The first kappa shape index (κ1) is 12.4. The topological polar surface area (TPSA) is 52.6 Å². The highest BCUT2D eigenvalue weighted by molar-refractivity contribution is 6.00. The molecule has 1 saturated heterocycles. The third-order valence-corrected chi connectivity index (χ3v) is 4.50. The summed E-state index contributed by atoms with van der Waals surface area (Å²) in [6.45, 7) is 5.50. The van der Waals surface area contributed by atoms with Gasteiger partial charge in [0.2, 0.25) is 0 Å². The van der Waals surface area contributed by atoms with Crippen molar-refractivity contribution in [3.63, 3.8) is 0 Å². The van der Waals surface area contributed by atoms with E-state index in [0.717, 1.165) is 5.56 Å². The quantitative estimate of drug-likeness (QED) is 0.673. The molecule has 2 aliphatic rings. The zero-order valence-corrected chi connectivity index (χ0v) is 11.2. The summed E-state index contributed by atoms with van der Waals surface area (Å²) in [6, 6.07) is 7.37. The molecule has 19 heavy (non-hydrogen) atoms. The summed E-state index contributed by atoms with van der Waals surface area (Å²) in [5.74, 6) is -0.574. The fourth-order valence-corrected chi connectivity index (χ4v) is 3.26. The fourth-order valence-electron chi connectivity index (χ4n) is 3.26. The molecule has 0 amide bonds. The Balaban J connectivity index is 2.20. The first-order valence-electron chi connectivity index (χ1n) is 6.40. The summed E-state index contributed by atoms with van der Waals surface area (Å²) in [5, 5.41) is 0. The van der Waals surface area contributed by atoms with Crippen molar-refractivity contribution in [3.8, 4) is 0 Å². The lowest BCUT2D eigenvalue weighted by molar-refractivity contribution is -0.383. The van der Waals surface area contributed by atoms with E-state index >= 15 is 0 Å². The van der Waals surface area contributed by atoms with Crippen LogP contribution in [-0.2, 0) is 20.2 Å². The van der Waals surface area contributed by atoms with Crippen LogP contribution >= 0.6 is 0 Å². The predicted octanol–water partition coefficient (Wildman–Crippen LogP) is 2.62. The van der Waals surface area contributed by atoms with Crippen molar-refractivity contribution in [2.24, 2.45) is 11.3 Å². The average molecular weight is 260 g/mol. The minimum absolute atomic E-state index is 0.0597. The molecule has 2 atom stereocenters. The van der Waals surface area contributed by atoms with Gasteiger partial charge in [-0.1, -0.05) is 24.3 Å². The summed E-state index contributed by atoms with van der Waals surface area (Å²) >= 11 is 0. The van der Waals surface area contributed by atoms with Crippen LogP contribution < -0.4 is 0 Å². The van der Waals surface area contributed by atoms with Gasteiger partial charge in [0.15, 0.2) is 5.78 Å². The molecular formula is C15H16O4. The number of benzene rings is 1. The predicted molar refractivity (Wildman–Crippen MR) is 67.2 cm³/mol. The Morgan fingerprint density at radius 1 is 1.16 bits per heavy atom. The van der Waals surface area contributed by atoms with Gasteiger partial charge in [-0.05, 0) is 26.3 Å². The normalized spacial score (nSPS) is 32.3. The summed E-state index contributed by atoms with van der Waals surface area (Å²) in [5.41, 5.74) is -0.0372. The summed E-state index contributed by atoms with van der Waals surface area (Å²) in [6.07, 6.45) is 0.301. The van der Waals surface area contributed by atoms with E-state index in [2.05, 4.69) is 0 Å². The SMILES string of the molecule is CC1(C)C(=O)OO[C@@]2(C)c3ccccc3C(=O)C[C@@H]12. The number of rotatable bonds is 0. The maximum atomic E-state index is 12.3. The number of fused-ring (bicyclic) bond motifs is 3. The first-order chi connectivity index (χ1) is 8.87. The van der Waals surface area contributed by atoms with Crippen LogP contribution in [0.5, 0.6) is 0 Å². The van der Waals surface area contributed by atoms with Crippen LogP contribution in [0.15, 0.2) is 24.3 Å². The third-order valence-electron chi connectivity index (χ3n) is 4.50. The zero-order valence-electron chi connectivity index (χ0n) is 11.2. The van der Waals surface area contributed by atoms with Crippen LogP contribution in [0, 0.1) is 11.3 Å². The van der Waals surface area contributed by atoms with Gasteiger partial charge in [0.25, 0.3) is 0 Å². The standard InChI is InChI=1S/C15H16O4/c1-14(2)12-8-11(16)9-6-4-5-7-10(9)15(12,3)19-18-13(14)17/h4-7,12H,8H2,1-3H3/t12-,15-/m0/s1. The minimum Gasteiger partial charge on any atom is -0.297 e. The Morgan fingerprint density at radius 2 is 1.84 bits per heavy atom. The highest BCUT2D eigenvalue weighted by Gasteiger charge is 2.59. The van der Waals surface area contributed by atoms with E-state index in [9.17, 15) is 9.59 Å². The van der Waals surface area contributed by atoms with Gasteiger partial charge in [-0.2, -0.15) is 4.89 Å². The molecule has 0 unspecified atom stereocenters. The van der Waals surface area contributed by atoms with Crippen LogP contribution in [0.25, 0.3) is 0 Å². The van der Waals surface area contributed by atoms with E-state index < -0.39 is 17.0 Å². The van der Waals surface area contributed by atoms with Crippen molar-refractivity contribution in [3.05, 3.63) is 35.4 Å². The molecule has 1 fully saturated rings. The Hall–Kier alpha value is -1.68. The van der Waals surface area contributed by atoms with E-state index in [1.807, 2.05) is 39.0 Å². The second kappa shape index (κ2) is 3.67. The summed E-state index contributed by atoms with van der Waals surface area (Å²) in [4.78, 5) is 34.4. The van der Waals surface area contributed by atoms with Crippen molar-refractivity contribution in [2.45, 2.75) is 32.8 Å². The smallest absolute Gasteiger partial charge is 0.297 e. The van der Waals surface area contributed by atoms with Crippen LogP contribution in [0.2, 0.25) is 0 Å². The number of hydrogen-bond donors (Lipinski definition) is 0. The molecule has 1 aliphatic heterocycles. The maximum absolute atomic E-state index is 12.3. The molecule has 0 bridgehead atoms. The molecule has 0 radical (unpaired) electrons. The molecule has 1 heterocycles. The lowest BCUT2D eigenvalue weighted by Gasteiger charge is -2.49. The monoisotopic (exact) mass is 260 g/mol. The van der Waals surface area contributed by atoms with Crippen molar-refractivity contribution < 1.29 is 19.4 Å². The molecule has 0 saturated carbocycles. The molecule has 0 spiro atoms. The molecule has 1 aromatic carbocycles. The largest absolute Gasteiger partial charge is 0.348 e. The number of hydrogen-bond acceptors (Lipinski definition) is 4. The van der Waals surface area contributed by atoms with Crippen molar-refractivity contribution >= 4 is 11.8 Å². The molecule has 1 aromatic rings. The van der Waals surface area contributed by atoms with Crippen molar-refractivity contribution in [1.29, 1.82) is 0 Å². The van der Waals surface area contributed by atoms with Gasteiger partial charge in [-0.3, -0.25) is 9.68 Å². The van der Waals surface area contributed by atoms with Gasteiger partial charge in [0, 0.05) is 17.9 Å². The minimum atomic E-state index is -0.762. The number of carbonyl (C=O) groups excluding carboxylic acids is 2. The molecule has 0 aromatic heterocycles. The van der Waals surface area contributed by atoms with Crippen LogP contribution in [0.1, 0.15) is 43.1 Å². The molecule has 0 N–H and O–H groups in total. The van der Waals surface area contributed by atoms with E-state index in [1.54, 1.807) is 6.07 Å². The van der Waals surface area contributed by atoms with Gasteiger partial charge in [-0.15, -0.1) is 0 Å².